The van der Waals surface area contributed by atoms with Gasteiger partial charge in [-0.05, 0) is 36.9 Å². The lowest BCUT2D eigenvalue weighted by Crippen LogP contribution is -2.39. The SMILES string of the molecule is CN(Cc1ccccc1)C1CC(=O)N(c2ccc(Br)cc2)C1=O. The van der Waals surface area contributed by atoms with Gasteiger partial charge in [0.05, 0.1) is 18.2 Å². The zero-order valence-corrected chi connectivity index (χ0v) is 14.4. The van der Waals surface area contributed by atoms with Crippen LogP contribution in [0.4, 0.5) is 5.69 Å². The number of carbonyl (C=O) groups is 2. The van der Waals surface area contributed by atoms with E-state index in [0.29, 0.717) is 12.2 Å². The van der Waals surface area contributed by atoms with E-state index in [-0.39, 0.29) is 18.2 Å². The summed E-state index contributed by atoms with van der Waals surface area (Å²) in [6, 6.07) is 16.7. The van der Waals surface area contributed by atoms with Crippen LogP contribution in [0.3, 0.4) is 0 Å². The molecule has 1 atom stereocenters. The molecule has 1 aliphatic rings. The van der Waals surface area contributed by atoms with Crippen molar-refractivity contribution in [2.24, 2.45) is 0 Å². The average Bonchev–Trinajstić information content (AvgIpc) is 2.84. The molecule has 1 aliphatic heterocycles. The van der Waals surface area contributed by atoms with Gasteiger partial charge in [0.15, 0.2) is 0 Å². The predicted molar refractivity (Wildman–Crippen MR) is 92.9 cm³/mol. The second-order valence-corrected chi connectivity index (χ2v) is 6.58. The minimum Gasteiger partial charge on any atom is -0.290 e. The van der Waals surface area contributed by atoms with E-state index in [2.05, 4.69) is 15.9 Å². The Kier molecular flexibility index (Phi) is 4.59. The van der Waals surface area contributed by atoms with Crippen LogP contribution in [0, 0.1) is 0 Å². The maximum absolute atomic E-state index is 12.7. The van der Waals surface area contributed by atoms with E-state index in [1.165, 1.54) is 4.90 Å². The maximum atomic E-state index is 12.7. The molecule has 2 aromatic carbocycles. The van der Waals surface area contributed by atoms with Crippen molar-refractivity contribution in [3.05, 3.63) is 64.6 Å². The van der Waals surface area contributed by atoms with Crippen molar-refractivity contribution in [2.45, 2.75) is 19.0 Å². The highest BCUT2D eigenvalue weighted by atomic mass is 79.9. The number of nitrogens with zero attached hydrogens (tertiary/aromatic N) is 2. The Balaban J connectivity index is 1.76. The summed E-state index contributed by atoms with van der Waals surface area (Å²) in [5.74, 6) is -0.307. The minimum absolute atomic E-state index is 0.151. The molecule has 4 nitrogen and oxygen atoms in total. The monoisotopic (exact) mass is 372 g/mol. The first-order valence-corrected chi connectivity index (χ1v) is 8.22. The largest absolute Gasteiger partial charge is 0.290 e. The molecule has 0 N–H and O–H groups in total. The standard InChI is InChI=1S/C18H17BrN2O2/c1-20(12-13-5-3-2-4-6-13)16-11-17(22)21(18(16)23)15-9-7-14(19)8-10-15/h2-10,16H,11-12H2,1H3. The number of carbonyl (C=O) groups excluding carboxylic acids is 2. The molecule has 0 radical (unpaired) electrons. The minimum atomic E-state index is -0.411. The fourth-order valence-corrected chi connectivity index (χ4v) is 3.07. The lowest BCUT2D eigenvalue weighted by Gasteiger charge is -2.23. The van der Waals surface area contributed by atoms with Crippen molar-refractivity contribution >= 4 is 33.4 Å². The van der Waals surface area contributed by atoms with Crippen LogP contribution in [0.1, 0.15) is 12.0 Å². The molecule has 0 aromatic heterocycles. The Morgan fingerprint density at radius 3 is 2.39 bits per heavy atom. The van der Waals surface area contributed by atoms with Crippen LogP contribution >= 0.6 is 15.9 Å². The van der Waals surface area contributed by atoms with Gasteiger partial charge in [0.1, 0.15) is 0 Å². The normalized spacial score (nSPS) is 18.0. The quantitative estimate of drug-likeness (QED) is 0.773. The molecule has 3 rings (SSSR count). The number of imide groups is 1. The lowest BCUT2D eigenvalue weighted by molar-refractivity contribution is -0.122. The number of benzene rings is 2. The molecule has 0 aliphatic carbocycles. The first-order chi connectivity index (χ1) is 11.1. The molecule has 5 heteroatoms. The summed E-state index contributed by atoms with van der Waals surface area (Å²) in [7, 11) is 1.88. The highest BCUT2D eigenvalue weighted by Crippen LogP contribution is 2.27. The van der Waals surface area contributed by atoms with E-state index >= 15 is 0 Å². The van der Waals surface area contributed by atoms with Gasteiger partial charge in [0.25, 0.3) is 5.91 Å². The molecule has 0 spiro atoms. The summed E-state index contributed by atoms with van der Waals surface area (Å²) in [5.41, 5.74) is 1.75. The molecule has 0 bridgehead atoms. The Bertz CT molecular complexity index is 716. The van der Waals surface area contributed by atoms with Crippen LogP contribution in [0.2, 0.25) is 0 Å². The van der Waals surface area contributed by atoms with Gasteiger partial charge in [-0.3, -0.25) is 14.5 Å². The van der Waals surface area contributed by atoms with Gasteiger partial charge in [-0.2, -0.15) is 0 Å². The maximum Gasteiger partial charge on any atom is 0.251 e. The Morgan fingerprint density at radius 2 is 1.74 bits per heavy atom. The lowest BCUT2D eigenvalue weighted by atomic mass is 10.1. The van der Waals surface area contributed by atoms with Crippen LogP contribution in [0.15, 0.2) is 59.1 Å². The van der Waals surface area contributed by atoms with Crippen molar-refractivity contribution in [1.82, 2.24) is 4.90 Å². The van der Waals surface area contributed by atoms with E-state index < -0.39 is 6.04 Å². The number of likely N-dealkylation sites (N-methyl/N-ethyl adjacent to an activating group) is 1. The van der Waals surface area contributed by atoms with Crippen molar-refractivity contribution in [3.63, 3.8) is 0 Å². The third-order valence-electron chi connectivity index (χ3n) is 4.01. The van der Waals surface area contributed by atoms with E-state index in [4.69, 9.17) is 0 Å². The molecule has 0 saturated carbocycles. The molecule has 2 aromatic rings. The van der Waals surface area contributed by atoms with Gasteiger partial charge >= 0.3 is 0 Å². The third kappa shape index (κ3) is 3.35. The van der Waals surface area contributed by atoms with E-state index in [1.807, 2.05) is 54.4 Å². The van der Waals surface area contributed by atoms with E-state index in [1.54, 1.807) is 12.1 Å². The summed E-state index contributed by atoms with van der Waals surface area (Å²) in [6.07, 6.45) is 0.220. The van der Waals surface area contributed by atoms with Crippen LogP contribution < -0.4 is 4.90 Å². The number of amides is 2. The summed E-state index contributed by atoms with van der Waals surface area (Å²) < 4.78 is 0.915. The molecule has 2 amide bonds. The molecular formula is C18H17BrN2O2. The summed E-state index contributed by atoms with van der Waals surface area (Å²) in [6.45, 7) is 0.638. The number of rotatable bonds is 4. The van der Waals surface area contributed by atoms with Gasteiger partial charge < -0.3 is 0 Å². The van der Waals surface area contributed by atoms with Gasteiger partial charge in [-0.25, -0.2) is 4.90 Å². The van der Waals surface area contributed by atoms with Gasteiger partial charge in [-0.15, -0.1) is 0 Å². The molecule has 23 heavy (non-hydrogen) atoms. The van der Waals surface area contributed by atoms with Crippen molar-refractivity contribution in [3.8, 4) is 0 Å². The van der Waals surface area contributed by atoms with Crippen molar-refractivity contribution in [1.29, 1.82) is 0 Å². The summed E-state index contributed by atoms with van der Waals surface area (Å²) >= 11 is 3.36. The van der Waals surface area contributed by atoms with E-state index in [9.17, 15) is 9.59 Å². The second-order valence-electron chi connectivity index (χ2n) is 5.66. The van der Waals surface area contributed by atoms with Crippen molar-refractivity contribution < 1.29 is 9.59 Å². The molecular weight excluding hydrogens is 356 g/mol. The highest BCUT2D eigenvalue weighted by molar-refractivity contribution is 9.10. The number of halogens is 1. The van der Waals surface area contributed by atoms with Crippen LogP contribution in [-0.4, -0.2) is 29.8 Å². The number of anilines is 1. The van der Waals surface area contributed by atoms with Gasteiger partial charge in [0, 0.05) is 11.0 Å². The zero-order valence-electron chi connectivity index (χ0n) is 12.8. The first kappa shape index (κ1) is 15.9. The Morgan fingerprint density at radius 1 is 1.09 bits per heavy atom. The van der Waals surface area contributed by atoms with E-state index in [0.717, 1.165) is 10.0 Å². The Labute approximate surface area is 143 Å². The average molecular weight is 373 g/mol. The molecule has 1 saturated heterocycles. The van der Waals surface area contributed by atoms with Crippen LogP contribution in [0.5, 0.6) is 0 Å². The predicted octanol–water partition coefficient (Wildman–Crippen LogP) is 3.21. The number of hydrogen-bond donors (Lipinski definition) is 0. The topological polar surface area (TPSA) is 40.6 Å². The molecule has 1 unspecified atom stereocenters. The molecule has 1 heterocycles. The highest BCUT2D eigenvalue weighted by Gasteiger charge is 2.41. The van der Waals surface area contributed by atoms with Gasteiger partial charge in [0.2, 0.25) is 5.91 Å². The smallest absolute Gasteiger partial charge is 0.251 e. The summed E-state index contributed by atoms with van der Waals surface area (Å²) in [5, 5.41) is 0. The zero-order chi connectivity index (χ0) is 16.4. The van der Waals surface area contributed by atoms with Crippen LogP contribution in [-0.2, 0) is 16.1 Å². The van der Waals surface area contributed by atoms with Gasteiger partial charge in [-0.1, -0.05) is 46.3 Å². The summed E-state index contributed by atoms with van der Waals surface area (Å²) in [4.78, 5) is 28.2. The molecule has 1 fully saturated rings. The fraction of sp³-hybridized carbons (Fsp3) is 0.222. The fourth-order valence-electron chi connectivity index (χ4n) is 2.80. The van der Waals surface area contributed by atoms with Crippen molar-refractivity contribution in [2.75, 3.05) is 11.9 Å². The first-order valence-electron chi connectivity index (χ1n) is 7.43. The third-order valence-corrected chi connectivity index (χ3v) is 4.54. The molecule has 118 valence electrons. The Hall–Kier alpha value is -1.98. The van der Waals surface area contributed by atoms with Crippen LogP contribution in [0.25, 0.3) is 0 Å². The number of hydrogen-bond acceptors (Lipinski definition) is 3. The second kappa shape index (κ2) is 6.64.